The molecule has 1 aliphatic carbocycles. The molecule has 8 heteroatoms. The number of carbonyl (C=O) groups is 2. The van der Waals surface area contributed by atoms with E-state index in [9.17, 15) is 9.59 Å². The molecule has 38 heavy (non-hydrogen) atoms. The zero-order chi connectivity index (χ0) is 28.1. The number of hydrogen-bond donors (Lipinski definition) is 0. The number of hydrogen-bond acceptors (Lipinski definition) is 8. The van der Waals surface area contributed by atoms with Crippen molar-refractivity contribution in [2.24, 2.45) is 5.92 Å². The van der Waals surface area contributed by atoms with Crippen molar-refractivity contribution in [2.45, 2.75) is 96.2 Å². The second-order valence-electron chi connectivity index (χ2n) is 9.47. The summed E-state index contributed by atoms with van der Waals surface area (Å²) >= 11 is 0. The Morgan fingerprint density at radius 1 is 0.921 bits per heavy atom. The average molecular weight is 533 g/mol. The van der Waals surface area contributed by atoms with Gasteiger partial charge in [-0.15, -0.1) is 0 Å². The van der Waals surface area contributed by atoms with Crippen molar-refractivity contribution in [3.8, 4) is 23.7 Å². The SMILES string of the molecule is C=CC(=O)OCCCOOC1(C#CC#C[C@](C)(CCC)OOCCCOC(=O)C=C)CCC(CCC)CC1. The predicted octanol–water partition coefficient (Wildman–Crippen LogP) is 5.42. The van der Waals surface area contributed by atoms with Gasteiger partial charge in [0.2, 0.25) is 0 Å². The maximum Gasteiger partial charge on any atom is 0.330 e. The topological polar surface area (TPSA) is 89.5 Å². The van der Waals surface area contributed by atoms with Crippen LogP contribution < -0.4 is 0 Å². The van der Waals surface area contributed by atoms with Gasteiger partial charge >= 0.3 is 11.9 Å². The van der Waals surface area contributed by atoms with Crippen LogP contribution in [-0.4, -0.2) is 49.6 Å². The third kappa shape index (κ3) is 14.4. The van der Waals surface area contributed by atoms with Crippen LogP contribution in [0.2, 0.25) is 0 Å². The van der Waals surface area contributed by atoms with E-state index in [0.717, 1.165) is 50.7 Å². The van der Waals surface area contributed by atoms with Crippen LogP contribution in [0, 0.1) is 29.6 Å². The van der Waals surface area contributed by atoms with Crippen molar-refractivity contribution < 1.29 is 38.6 Å². The van der Waals surface area contributed by atoms with E-state index in [0.29, 0.717) is 25.2 Å². The number of ether oxygens (including phenoxy) is 2. The van der Waals surface area contributed by atoms with Crippen LogP contribution in [-0.2, 0) is 38.6 Å². The van der Waals surface area contributed by atoms with Gasteiger partial charge in [0.1, 0.15) is 0 Å². The lowest BCUT2D eigenvalue weighted by Crippen LogP contribution is -2.36. The lowest BCUT2D eigenvalue weighted by atomic mass is 9.77. The van der Waals surface area contributed by atoms with Gasteiger partial charge < -0.3 is 9.47 Å². The molecule has 1 atom stereocenters. The van der Waals surface area contributed by atoms with Crippen molar-refractivity contribution >= 4 is 11.9 Å². The maximum absolute atomic E-state index is 11.1. The fourth-order valence-electron chi connectivity index (χ4n) is 4.01. The molecular formula is C30H44O8. The summed E-state index contributed by atoms with van der Waals surface area (Å²) in [5.74, 6) is 11.9. The molecule has 8 nitrogen and oxygen atoms in total. The summed E-state index contributed by atoms with van der Waals surface area (Å²) in [6.07, 6.45) is 10.7. The summed E-state index contributed by atoms with van der Waals surface area (Å²) in [5.41, 5.74) is -1.55. The maximum atomic E-state index is 11.1. The first-order valence-corrected chi connectivity index (χ1v) is 13.6. The highest BCUT2D eigenvalue weighted by molar-refractivity contribution is 5.81. The molecule has 0 unspecified atom stereocenters. The Morgan fingerprint density at radius 3 is 2.08 bits per heavy atom. The summed E-state index contributed by atoms with van der Waals surface area (Å²) in [6, 6.07) is 0. The lowest BCUT2D eigenvalue weighted by molar-refractivity contribution is -0.352. The van der Waals surface area contributed by atoms with E-state index < -0.39 is 23.1 Å². The molecule has 0 saturated heterocycles. The predicted molar refractivity (Wildman–Crippen MR) is 144 cm³/mol. The van der Waals surface area contributed by atoms with E-state index in [1.54, 1.807) is 0 Å². The lowest BCUT2D eigenvalue weighted by Gasteiger charge is -2.34. The molecule has 1 fully saturated rings. The number of carbonyl (C=O) groups excluding carboxylic acids is 2. The van der Waals surface area contributed by atoms with Crippen molar-refractivity contribution in [3.05, 3.63) is 25.3 Å². The molecule has 1 saturated carbocycles. The molecule has 0 spiro atoms. The molecule has 1 rings (SSSR count). The van der Waals surface area contributed by atoms with Gasteiger partial charge in [-0.05, 0) is 56.8 Å². The largest absolute Gasteiger partial charge is 0.462 e. The van der Waals surface area contributed by atoms with Gasteiger partial charge in [0, 0.05) is 25.0 Å². The van der Waals surface area contributed by atoms with Gasteiger partial charge in [-0.3, -0.25) is 0 Å². The van der Waals surface area contributed by atoms with Crippen LogP contribution in [0.3, 0.4) is 0 Å². The van der Waals surface area contributed by atoms with E-state index in [2.05, 4.69) is 43.8 Å². The van der Waals surface area contributed by atoms with E-state index in [1.165, 1.54) is 6.42 Å². The van der Waals surface area contributed by atoms with Gasteiger partial charge in [-0.1, -0.05) is 58.1 Å². The van der Waals surface area contributed by atoms with Gasteiger partial charge in [0.05, 0.1) is 26.4 Å². The van der Waals surface area contributed by atoms with Crippen LogP contribution >= 0.6 is 0 Å². The van der Waals surface area contributed by atoms with E-state index in [4.69, 9.17) is 29.0 Å². The number of rotatable bonds is 18. The first-order valence-electron chi connectivity index (χ1n) is 13.6. The summed E-state index contributed by atoms with van der Waals surface area (Å²) in [7, 11) is 0. The summed E-state index contributed by atoms with van der Waals surface area (Å²) < 4.78 is 9.87. The van der Waals surface area contributed by atoms with Gasteiger partial charge in [-0.25, -0.2) is 29.1 Å². The highest BCUT2D eigenvalue weighted by Gasteiger charge is 2.36. The average Bonchev–Trinajstić information content (AvgIpc) is 2.92. The molecule has 0 aliphatic heterocycles. The van der Waals surface area contributed by atoms with E-state index in [1.807, 2.05) is 13.8 Å². The summed E-state index contributed by atoms with van der Waals surface area (Å²) in [5, 5.41) is 0. The van der Waals surface area contributed by atoms with Gasteiger partial charge in [0.25, 0.3) is 0 Å². The Labute approximate surface area is 228 Å². The number of esters is 2. The minimum atomic E-state index is -0.826. The first-order chi connectivity index (χ1) is 18.3. The molecule has 0 heterocycles. The highest BCUT2D eigenvalue weighted by atomic mass is 17.2. The molecule has 0 radical (unpaired) electrons. The standard InChI is InChI=1S/C30H44O8/c1-6-14-26-15-20-30(21-16-26,38-36-25-13-23-34-28(32)9-4)19-11-10-18-29(5,17-7-2)37-35-24-12-22-33-27(31)8-3/h8-9,26H,3-4,6-7,12-17,20-25H2,1-2,5H3/t26?,29-,30?/m0/s1. The van der Waals surface area contributed by atoms with Crippen LogP contribution in [0.25, 0.3) is 0 Å². The van der Waals surface area contributed by atoms with Crippen LogP contribution in [0.15, 0.2) is 25.3 Å². The third-order valence-corrected chi connectivity index (χ3v) is 6.04. The Morgan fingerprint density at radius 2 is 1.53 bits per heavy atom. The first kappa shape index (κ1) is 33.4. The minimum Gasteiger partial charge on any atom is -0.462 e. The van der Waals surface area contributed by atoms with Crippen molar-refractivity contribution in [2.75, 3.05) is 26.4 Å². The third-order valence-electron chi connectivity index (χ3n) is 6.04. The van der Waals surface area contributed by atoms with Gasteiger partial charge in [-0.2, -0.15) is 0 Å². The van der Waals surface area contributed by atoms with E-state index >= 15 is 0 Å². The highest BCUT2D eigenvalue weighted by Crippen LogP contribution is 2.36. The molecule has 0 aromatic carbocycles. The molecule has 1 aliphatic rings. The molecule has 0 N–H and O–H groups in total. The quantitative estimate of drug-likeness (QED) is 0.0578. The fraction of sp³-hybridized carbons (Fsp3) is 0.667. The smallest absolute Gasteiger partial charge is 0.330 e. The molecule has 212 valence electrons. The minimum absolute atomic E-state index is 0.221. The van der Waals surface area contributed by atoms with Crippen LogP contribution in [0.5, 0.6) is 0 Å². The second-order valence-corrected chi connectivity index (χ2v) is 9.47. The molecule has 0 aromatic heterocycles. The zero-order valence-electron chi connectivity index (χ0n) is 23.3. The molecule has 0 amide bonds. The molecule has 0 bridgehead atoms. The zero-order valence-corrected chi connectivity index (χ0v) is 23.3. The summed E-state index contributed by atoms with van der Waals surface area (Å²) in [4.78, 5) is 44.4. The second kappa shape index (κ2) is 19.4. The Hall–Kier alpha value is -2.62. The van der Waals surface area contributed by atoms with E-state index in [-0.39, 0.29) is 26.4 Å². The fourth-order valence-corrected chi connectivity index (χ4v) is 4.01. The molecular weight excluding hydrogens is 488 g/mol. The van der Waals surface area contributed by atoms with Crippen LogP contribution in [0.4, 0.5) is 0 Å². The molecule has 0 aromatic rings. The van der Waals surface area contributed by atoms with Crippen molar-refractivity contribution in [1.29, 1.82) is 0 Å². The monoisotopic (exact) mass is 532 g/mol. The Bertz CT molecular complexity index is 851. The summed E-state index contributed by atoms with van der Waals surface area (Å²) in [6.45, 7) is 13.8. The van der Waals surface area contributed by atoms with Gasteiger partial charge in [0.15, 0.2) is 11.2 Å². The van der Waals surface area contributed by atoms with Crippen molar-refractivity contribution in [3.63, 3.8) is 0 Å². The van der Waals surface area contributed by atoms with Crippen molar-refractivity contribution in [1.82, 2.24) is 0 Å². The Balaban J connectivity index is 2.71. The van der Waals surface area contributed by atoms with Crippen LogP contribution in [0.1, 0.15) is 85.0 Å². The Kier molecular flexibility index (Phi) is 17.1. The normalized spacial score (nSPS) is 20.0.